The number of carboxylic acid groups (broad SMARTS) is 1. The molecule has 0 heterocycles. The van der Waals surface area contributed by atoms with Gasteiger partial charge in [-0.25, -0.2) is 26.7 Å². The van der Waals surface area contributed by atoms with Gasteiger partial charge in [0.15, 0.2) is 0 Å². The Balaban J connectivity index is 3.20. The first-order valence-corrected chi connectivity index (χ1v) is 7.45. The number of alkyl halides is 2. The van der Waals surface area contributed by atoms with Crippen molar-refractivity contribution in [3.8, 4) is 0 Å². The molecule has 1 aromatic rings. The van der Waals surface area contributed by atoms with Crippen molar-refractivity contribution < 1.29 is 32.2 Å². The van der Waals surface area contributed by atoms with Crippen molar-refractivity contribution in [1.82, 2.24) is 4.72 Å². The molecular weight excluding hydrogens is 355 g/mol. The normalized spacial score (nSPS) is 12.4. The Kier molecular flexibility index (Phi) is 5.51. The summed E-state index contributed by atoms with van der Waals surface area (Å²) < 4.78 is 50.9. The Hall–Kier alpha value is -1.00. The predicted octanol–water partition coefficient (Wildman–Crippen LogP) is 1.60. The summed E-state index contributed by atoms with van der Waals surface area (Å²) in [5, 5.41) is 16.5. The van der Waals surface area contributed by atoms with Crippen molar-refractivity contribution in [3.05, 3.63) is 27.7 Å². The second kappa shape index (κ2) is 6.41. The van der Waals surface area contributed by atoms with Gasteiger partial charge in [0.25, 0.3) is 5.92 Å². The van der Waals surface area contributed by atoms with Crippen LogP contribution in [0.3, 0.4) is 0 Å². The summed E-state index contributed by atoms with van der Waals surface area (Å²) in [4.78, 5) is 10.2. The summed E-state index contributed by atoms with van der Waals surface area (Å²) in [5.74, 6) is -5.17. The number of hydrogen-bond donors (Lipinski definition) is 3. The minimum Gasteiger partial charge on any atom is -0.478 e. The van der Waals surface area contributed by atoms with Crippen molar-refractivity contribution >= 4 is 39.2 Å². The van der Waals surface area contributed by atoms with E-state index < -0.39 is 50.5 Å². The first-order chi connectivity index (χ1) is 9.50. The number of sulfonamides is 1. The Morgan fingerprint density at radius 2 is 1.86 bits per heavy atom. The molecule has 21 heavy (non-hydrogen) atoms. The molecule has 0 saturated carbocycles. The molecule has 118 valence electrons. The van der Waals surface area contributed by atoms with Gasteiger partial charge in [0.05, 0.1) is 22.2 Å². The molecular formula is C10H9Cl2F2NO5S. The topological polar surface area (TPSA) is 104 Å². The highest BCUT2D eigenvalue weighted by atomic mass is 35.5. The minimum absolute atomic E-state index is 0.299. The van der Waals surface area contributed by atoms with E-state index >= 15 is 0 Å². The van der Waals surface area contributed by atoms with Crippen LogP contribution in [-0.2, 0) is 10.0 Å². The third-order valence-corrected chi connectivity index (χ3v) is 4.47. The number of benzene rings is 1. The number of nitrogens with one attached hydrogen (secondary N) is 1. The van der Waals surface area contributed by atoms with Crippen LogP contribution < -0.4 is 4.72 Å². The van der Waals surface area contributed by atoms with Crippen LogP contribution in [0, 0.1) is 0 Å². The van der Waals surface area contributed by atoms with Gasteiger partial charge in [0, 0.05) is 0 Å². The molecule has 3 N–H and O–H groups in total. The van der Waals surface area contributed by atoms with Crippen molar-refractivity contribution in [2.45, 2.75) is 10.8 Å². The van der Waals surface area contributed by atoms with E-state index in [1.54, 1.807) is 0 Å². The number of aliphatic hydroxyl groups is 1. The molecule has 0 aliphatic rings. The van der Waals surface area contributed by atoms with E-state index in [-0.39, 0.29) is 5.02 Å². The first-order valence-electron chi connectivity index (χ1n) is 5.21. The van der Waals surface area contributed by atoms with Gasteiger partial charge in [-0.15, -0.1) is 0 Å². The maximum Gasteiger partial charge on any atom is 0.337 e. The zero-order valence-corrected chi connectivity index (χ0v) is 12.4. The fraction of sp³-hybridized carbons (Fsp3) is 0.300. The fourth-order valence-electron chi connectivity index (χ4n) is 1.23. The molecule has 0 aromatic heterocycles. The average molecular weight is 364 g/mol. The summed E-state index contributed by atoms with van der Waals surface area (Å²) in [7, 11) is -4.50. The smallest absolute Gasteiger partial charge is 0.337 e. The Morgan fingerprint density at radius 1 is 1.29 bits per heavy atom. The van der Waals surface area contributed by atoms with E-state index in [4.69, 9.17) is 33.4 Å². The molecule has 0 aliphatic heterocycles. The van der Waals surface area contributed by atoms with Crippen LogP contribution in [0.25, 0.3) is 0 Å². The number of carboxylic acids is 1. The summed E-state index contributed by atoms with van der Waals surface area (Å²) in [6.07, 6.45) is 0. The van der Waals surface area contributed by atoms with Crippen LogP contribution in [0.1, 0.15) is 10.4 Å². The number of carbonyl (C=O) groups is 1. The summed E-state index contributed by atoms with van der Waals surface area (Å²) in [5.41, 5.74) is -0.546. The SMILES string of the molecule is O=C(O)c1cc(S(=O)(=O)NCC(F)(F)CO)c(Cl)cc1Cl. The van der Waals surface area contributed by atoms with Crippen molar-refractivity contribution in [2.75, 3.05) is 13.2 Å². The maximum atomic E-state index is 12.8. The summed E-state index contributed by atoms with van der Waals surface area (Å²) in [6.45, 7) is -2.92. The third-order valence-electron chi connectivity index (χ3n) is 2.29. The summed E-state index contributed by atoms with van der Waals surface area (Å²) in [6, 6.07) is 1.54. The van der Waals surface area contributed by atoms with E-state index in [9.17, 15) is 22.0 Å². The van der Waals surface area contributed by atoms with Crippen LogP contribution in [0.4, 0.5) is 8.78 Å². The highest BCUT2D eigenvalue weighted by molar-refractivity contribution is 7.89. The lowest BCUT2D eigenvalue weighted by Crippen LogP contribution is -2.39. The van der Waals surface area contributed by atoms with Gasteiger partial charge in [-0.05, 0) is 12.1 Å². The number of rotatable bonds is 6. The summed E-state index contributed by atoms with van der Waals surface area (Å²) >= 11 is 11.2. The number of aliphatic hydroxyl groups excluding tert-OH is 1. The number of aromatic carboxylic acids is 1. The first kappa shape index (κ1) is 18.1. The molecule has 0 radical (unpaired) electrons. The largest absolute Gasteiger partial charge is 0.478 e. The standard InChI is InChI=1S/C10H9Cl2F2NO5S/c11-6-2-7(12)8(1-5(6)9(17)18)21(19,20)15-3-10(13,14)4-16/h1-2,15-16H,3-4H2,(H,17,18). The van der Waals surface area contributed by atoms with E-state index in [2.05, 4.69) is 0 Å². The molecule has 0 saturated heterocycles. The Morgan fingerprint density at radius 3 is 2.33 bits per heavy atom. The molecule has 0 atom stereocenters. The minimum atomic E-state index is -4.50. The predicted molar refractivity (Wildman–Crippen MR) is 70.6 cm³/mol. The molecule has 0 amide bonds. The highest BCUT2D eigenvalue weighted by Crippen LogP contribution is 2.29. The highest BCUT2D eigenvalue weighted by Gasteiger charge is 2.31. The van der Waals surface area contributed by atoms with Gasteiger partial charge in [-0.2, -0.15) is 0 Å². The quantitative estimate of drug-likeness (QED) is 0.711. The molecule has 11 heteroatoms. The Bertz CT molecular complexity index is 666. The van der Waals surface area contributed by atoms with Gasteiger partial charge in [0.2, 0.25) is 10.0 Å². The van der Waals surface area contributed by atoms with E-state index in [0.29, 0.717) is 6.07 Å². The van der Waals surface area contributed by atoms with Crippen molar-refractivity contribution in [1.29, 1.82) is 0 Å². The number of halogens is 4. The lowest BCUT2D eigenvalue weighted by Gasteiger charge is -2.15. The van der Waals surface area contributed by atoms with Gasteiger partial charge < -0.3 is 10.2 Å². The van der Waals surface area contributed by atoms with Crippen molar-refractivity contribution in [3.63, 3.8) is 0 Å². The van der Waals surface area contributed by atoms with Crippen LogP contribution in [0.15, 0.2) is 17.0 Å². The third kappa shape index (κ3) is 4.48. The molecule has 0 aliphatic carbocycles. The van der Waals surface area contributed by atoms with Crippen LogP contribution in [-0.4, -0.2) is 43.7 Å². The lowest BCUT2D eigenvalue weighted by molar-refractivity contribution is -0.0437. The molecule has 6 nitrogen and oxygen atoms in total. The van der Waals surface area contributed by atoms with Crippen molar-refractivity contribution in [2.24, 2.45) is 0 Å². The van der Waals surface area contributed by atoms with Crippen LogP contribution >= 0.6 is 23.2 Å². The average Bonchev–Trinajstić information content (AvgIpc) is 2.36. The second-order valence-electron chi connectivity index (χ2n) is 3.91. The fourth-order valence-corrected chi connectivity index (χ4v) is 3.15. The van der Waals surface area contributed by atoms with Crippen LogP contribution in [0.5, 0.6) is 0 Å². The molecule has 0 fully saturated rings. The van der Waals surface area contributed by atoms with E-state index in [0.717, 1.165) is 6.07 Å². The molecule has 1 aromatic carbocycles. The molecule has 0 unspecified atom stereocenters. The molecule has 0 bridgehead atoms. The van der Waals surface area contributed by atoms with E-state index in [1.165, 1.54) is 4.72 Å². The second-order valence-corrected chi connectivity index (χ2v) is 6.46. The van der Waals surface area contributed by atoms with Crippen LogP contribution in [0.2, 0.25) is 10.0 Å². The molecule has 0 spiro atoms. The monoisotopic (exact) mass is 363 g/mol. The molecule has 1 rings (SSSR count). The maximum absolute atomic E-state index is 12.8. The zero-order chi connectivity index (χ0) is 16.4. The Labute approximate surface area is 128 Å². The zero-order valence-electron chi connectivity index (χ0n) is 10.1. The van der Waals surface area contributed by atoms with Gasteiger partial charge in [-0.3, -0.25) is 0 Å². The van der Waals surface area contributed by atoms with Gasteiger partial charge in [-0.1, -0.05) is 23.2 Å². The van der Waals surface area contributed by atoms with Gasteiger partial charge >= 0.3 is 5.97 Å². The van der Waals surface area contributed by atoms with Gasteiger partial charge in [0.1, 0.15) is 11.5 Å². The van der Waals surface area contributed by atoms with E-state index in [1.807, 2.05) is 0 Å². The number of hydrogen-bond acceptors (Lipinski definition) is 4. The lowest BCUT2D eigenvalue weighted by atomic mass is 10.2.